The van der Waals surface area contributed by atoms with Gasteiger partial charge in [0.1, 0.15) is 22.2 Å². The fourth-order valence-corrected chi connectivity index (χ4v) is 4.33. The second kappa shape index (κ2) is 7.05. The summed E-state index contributed by atoms with van der Waals surface area (Å²) in [6.07, 6.45) is 3.46. The molecule has 9 heteroatoms. The number of aromatic hydroxyl groups is 2. The number of carbonyl (C=O) groups excluding carboxylic acids is 3. The van der Waals surface area contributed by atoms with Crippen LogP contribution in [0.5, 0.6) is 11.5 Å². The molecule has 2 aliphatic heterocycles. The van der Waals surface area contributed by atoms with Crippen molar-refractivity contribution < 1.29 is 24.6 Å². The van der Waals surface area contributed by atoms with Gasteiger partial charge < -0.3 is 15.1 Å². The van der Waals surface area contributed by atoms with Gasteiger partial charge in [0.2, 0.25) is 0 Å². The van der Waals surface area contributed by atoms with E-state index < -0.39 is 29.4 Å². The number of fused-ring (bicyclic) bond motifs is 2. The predicted octanol–water partition coefficient (Wildman–Crippen LogP) is 1.94. The first-order valence-electron chi connectivity index (χ1n) is 9.90. The Morgan fingerprint density at radius 3 is 1.90 bits per heavy atom. The van der Waals surface area contributed by atoms with Crippen LogP contribution in [-0.4, -0.2) is 66.8 Å². The molecule has 0 bridgehead atoms. The maximum atomic E-state index is 13.1. The Kier molecular flexibility index (Phi) is 4.32. The first-order chi connectivity index (χ1) is 15.0. The molecule has 0 radical (unpaired) electrons. The van der Waals surface area contributed by atoms with E-state index in [1.807, 2.05) is 6.07 Å². The van der Waals surface area contributed by atoms with Gasteiger partial charge in [-0.25, -0.2) is 9.97 Å². The highest BCUT2D eigenvalue weighted by molar-refractivity contribution is 6.26. The quantitative estimate of drug-likeness (QED) is 0.481. The Labute approximate surface area is 176 Å². The second-order valence-electron chi connectivity index (χ2n) is 7.57. The minimum Gasteiger partial charge on any atom is -0.505 e. The number of aromatic nitrogens is 2. The van der Waals surface area contributed by atoms with Gasteiger partial charge in [-0.1, -0.05) is 18.2 Å². The summed E-state index contributed by atoms with van der Waals surface area (Å²) in [6.45, 7) is 0.768. The molecule has 3 amide bonds. The standard InChI is InChI=1S/C22H18N4O5/c27-18-14-15(19(28)17-16(18)23-8-9-24-17)22(31)26(21(14)30)13-6-10-25(11-7-13)20(29)12-4-2-1-3-5-12/h1-5,8-9,13,27-28H,6-7,10-11H2. The SMILES string of the molecule is O=C(c1ccccc1)N1CCC(N2C(=O)c3c(c(O)c4nccnc4c3O)C2=O)CC1. The largest absolute Gasteiger partial charge is 0.505 e. The van der Waals surface area contributed by atoms with Gasteiger partial charge in [0.25, 0.3) is 17.7 Å². The highest BCUT2D eigenvalue weighted by Crippen LogP contribution is 2.43. The molecule has 9 nitrogen and oxygen atoms in total. The summed E-state index contributed by atoms with van der Waals surface area (Å²) in [6, 6.07) is 8.48. The van der Waals surface area contributed by atoms with E-state index >= 15 is 0 Å². The zero-order valence-corrected chi connectivity index (χ0v) is 16.4. The molecular formula is C22H18N4O5. The van der Waals surface area contributed by atoms with Crippen LogP contribution in [-0.2, 0) is 0 Å². The molecular weight excluding hydrogens is 400 g/mol. The average Bonchev–Trinajstić information content (AvgIpc) is 3.08. The zero-order valence-electron chi connectivity index (χ0n) is 16.4. The van der Waals surface area contributed by atoms with Gasteiger partial charge in [-0.3, -0.25) is 19.3 Å². The molecule has 2 aromatic carbocycles. The van der Waals surface area contributed by atoms with Gasteiger partial charge in [0.15, 0.2) is 11.5 Å². The zero-order chi connectivity index (χ0) is 21.7. The molecule has 1 saturated heterocycles. The number of benzene rings is 2. The molecule has 2 aliphatic rings. The lowest BCUT2D eigenvalue weighted by atomic mass is 10.0. The van der Waals surface area contributed by atoms with E-state index in [1.165, 1.54) is 12.4 Å². The summed E-state index contributed by atoms with van der Waals surface area (Å²) in [5, 5.41) is 21.1. The highest BCUT2D eigenvalue weighted by Gasteiger charge is 2.46. The minimum atomic E-state index is -0.673. The van der Waals surface area contributed by atoms with Gasteiger partial charge in [-0.05, 0) is 25.0 Å². The number of piperidine rings is 1. The van der Waals surface area contributed by atoms with Crippen LogP contribution in [0.2, 0.25) is 0 Å². The van der Waals surface area contributed by atoms with Crippen molar-refractivity contribution >= 4 is 28.8 Å². The van der Waals surface area contributed by atoms with Gasteiger partial charge in [-0.2, -0.15) is 0 Å². The Hall–Kier alpha value is -4.01. The number of carbonyl (C=O) groups is 3. The Morgan fingerprint density at radius 1 is 0.871 bits per heavy atom. The van der Waals surface area contributed by atoms with E-state index in [0.29, 0.717) is 31.5 Å². The topological polar surface area (TPSA) is 124 Å². The van der Waals surface area contributed by atoms with Crippen LogP contribution in [0.25, 0.3) is 11.0 Å². The third-order valence-electron chi connectivity index (χ3n) is 5.87. The van der Waals surface area contributed by atoms with Crippen molar-refractivity contribution in [3.8, 4) is 11.5 Å². The van der Waals surface area contributed by atoms with Crippen molar-refractivity contribution in [3.05, 3.63) is 59.4 Å². The number of imide groups is 1. The van der Waals surface area contributed by atoms with Crippen LogP contribution in [0, 0.1) is 0 Å². The minimum absolute atomic E-state index is 0.0370. The van der Waals surface area contributed by atoms with Crippen molar-refractivity contribution in [2.75, 3.05) is 13.1 Å². The fourth-order valence-electron chi connectivity index (χ4n) is 4.33. The van der Waals surface area contributed by atoms with E-state index in [-0.39, 0.29) is 28.1 Å². The second-order valence-corrected chi connectivity index (χ2v) is 7.57. The van der Waals surface area contributed by atoms with Crippen LogP contribution < -0.4 is 0 Å². The number of amides is 3. The fraction of sp³-hybridized carbons (Fsp3) is 0.227. The van der Waals surface area contributed by atoms with Crippen LogP contribution in [0.15, 0.2) is 42.7 Å². The molecule has 5 rings (SSSR count). The Bertz CT molecular complexity index is 1180. The summed E-state index contributed by atoms with van der Waals surface area (Å²) < 4.78 is 0. The van der Waals surface area contributed by atoms with E-state index in [1.54, 1.807) is 29.2 Å². The molecule has 31 heavy (non-hydrogen) atoms. The number of hydrogen-bond acceptors (Lipinski definition) is 7. The molecule has 0 saturated carbocycles. The first-order valence-corrected chi connectivity index (χ1v) is 9.90. The number of likely N-dealkylation sites (tertiary alicyclic amines) is 1. The van der Waals surface area contributed by atoms with Crippen LogP contribution in [0.1, 0.15) is 43.9 Å². The monoisotopic (exact) mass is 418 g/mol. The van der Waals surface area contributed by atoms with E-state index in [4.69, 9.17) is 0 Å². The highest BCUT2D eigenvalue weighted by atomic mass is 16.3. The van der Waals surface area contributed by atoms with Crippen LogP contribution >= 0.6 is 0 Å². The van der Waals surface area contributed by atoms with Gasteiger partial charge in [-0.15, -0.1) is 0 Å². The summed E-state index contributed by atoms with van der Waals surface area (Å²) in [4.78, 5) is 49.5. The lowest BCUT2D eigenvalue weighted by Crippen LogP contribution is -2.48. The van der Waals surface area contributed by atoms with Gasteiger partial charge >= 0.3 is 0 Å². The van der Waals surface area contributed by atoms with Gasteiger partial charge in [0.05, 0.1) is 0 Å². The molecule has 3 heterocycles. The maximum Gasteiger partial charge on any atom is 0.265 e. The smallest absolute Gasteiger partial charge is 0.265 e. The van der Waals surface area contributed by atoms with Crippen LogP contribution in [0.4, 0.5) is 0 Å². The molecule has 156 valence electrons. The van der Waals surface area contributed by atoms with Crippen LogP contribution in [0.3, 0.4) is 0 Å². The van der Waals surface area contributed by atoms with E-state index in [0.717, 1.165) is 4.90 Å². The molecule has 3 aromatic rings. The van der Waals surface area contributed by atoms with Crippen molar-refractivity contribution in [2.24, 2.45) is 0 Å². The molecule has 2 N–H and O–H groups in total. The number of phenolic OH excluding ortho intramolecular Hbond substituents is 2. The molecule has 0 aliphatic carbocycles. The first kappa shape index (κ1) is 19.0. The third-order valence-corrected chi connectivity index (χ3v) is 5.87. The van der Waals surface area contributed by atoms with Crippen molar-refractivity contribution in [2.45, 2.75) is 18.9 Å². The van der Waals surface area contributed by atoms with Crippen molar-refractivity contribution in [3.63, 3.8) is 0 Å². The number of nitrogens with zero attached hydrogens (tertiary/aromatic N) is 4. The third kappa shape index (κ3) is 2.81. The Balaban J connectivity index is 1.41. The summed E-state index contributed by atoms with van der Waals surface area (Å²) in [7, 11) is 0. The normalized spacial score (nSPS) is 16.8. The molecule has 0 unspecified atom stereocenters. The van der Waals surface area contributed by atoms with Crippen molar-refractivity contribution in [1.29, 1.82) is 0 Å². The molecule has 1 fully saturated rings. The molecule has 0 spiro atoms. The predicted molar refractivity (Wildman–Crippen MR) is 109 cm³/mol. The Morgan fingerprint density at radius 2 is 1.39 bits per heavy atom. The lowest BCUT2D eigenvalue weighted by molar-refractivity contribution is 0.0478. The molecule has 0 atom stereocenters. The summed E-state index contributed by atoms with van der Waals surface area (Å²) in [5.74, 6) is -2.37. The maximum absolute atomic E-state index is 13.1. The molecule has 1 aromatic heterocycles. The van der Waals surface area contributed by atoms with E-state index in [2.05, 4.69) is 9.97 Å². The lowest BCUT2D eigenvalue weighted by Gasteiger charge is -2.35. The van der Waals surface area contributed by atoms with Gasteiger partial charge in [0, 0.05) is 37.1 Å². The van der Waals surface area contributed by atoms with E-state index in [9.17, 15) is 24.6 Å². The summed E-state index contributed by atoms with van der Waals surface area (Å²) >= 11 is 0. The number of rotatable bonds is 2. The van der Waals surface area contributed by atoms with Crippen molar-refractivity contribution in [1.82, 2.24) is 19.8 Å². The number of hydrogen-bond donors (Lipinski definition) is 2. The summed E-state index contributed by atoms with van der Waals surface area (Å²) in [5.41, 5.74) is 0.00912. The number of phenols is 2. The average molecular weight is 418 g/mol.